The summed E-state index contributed by atoms with van der Waals surface area (Å²) < 4.78 is 7.08. The van der Waals surface area contributed by atoms with Crippen LogP contribution in [-0.2, 0) is 0 Å². The summed E-state index contributed by atoms with van der Waals surface area (Å²) in [6.45, 7) is 4.15. The van der Waals surface area contributed by atoms with Crippen molar-refractivity contribution in [3.05, 3.63) is 58.1 Å². The molecule has 1 aliphatic heterocycles. The highest BCUT2D eigenvalue weighted by molar-refractivity contribution is 9.10. The number of nitriles is 1. The number of halogens is 1. The van der Waals surface area contributed by atoms with E-state index in [1.807, 2.05) is 24.3 Å². The predicted octanol–water partition coefficient (Wildman–Crippen LogP) is 4.91. The lowest BCUT2D eigenvalue weighted by Gasteiger charge is -2.38. The SMILES string of the molecule is CC1(C)C[C@@H](NC(=S)Nc2ccc(C#N)cc2)c2cc(Br)ccc2O1. The minimum absolute atomic E-state index is 0.0506. The molecule has 1 heterocycles. The Hall–Kier alpha value is -2.10. The van der Waals surface area contributed by atoms with Gasteiger partial charge in [-0.25, -0.2) is 0 Å². The molecule has 4 nitrogen and oxygen atoms in total. The lowest BCUT2D eigenvalue weighted by Crippen LogP contribution is -2.42. The van der Waals surface area contributed by atoms with Crippen molar-refractivity contribution in [3.63, 3.8) is 0 Å². The molecule has 6 heteroatoms. The third-order valence-electron chi connectivity index (χ3n) is 4.01. The molecule has 0 amide bonds. The van der Waals surface area contributed by atoms with E-state index < -0.39 is 0 Å². The number of anilines is 1. The summed E-state index contributed by atoms with van der Waals surface area (Å²) in [7, 11) is 0. The van der Waals surface area contributed by atoms with Crippen molar-refractivity contribution in [2.75, 3.05) is 5.32 Å². The number of benzene rings is 2. The molecule has 0 radical (unpaired) electrons. The molecule has 2 aromatic rings. The molecular formula is C19H18BrN3OS. The van der Waals surface area contributed by atoms with E-state index in [1.165, 1.54) is 0 Å². The number of nitrogens with zero attached hydrogens (tertiary/aromatic N) is 1. The topological polar surface area (TPSA) is 57.1 Å². The van der Waals surface area contributed by atoms with Crippen LogP contribution in [0.3, 0.4) is 0 Å². The average molecular weight is 416 g/mol. The maximum atomic E-state index is 8.87. The van der Waals surface area contributed by atoms with Crippen LogP contribution in [0.1, 0.15) is 37.4 Å². The molecule has 0 aliphatic carbocycles. The average Bonchev–Trinajstić information content (AvgIpc) is 2.55. The molecule has 1 atom stereocenters. The first kappa shape index (κ1) is 17.7. The van der Waals surface area contributed by atoms with E-state index in [0.717, 1.165) is 27.9 Å². The molecule has 0 saturated carbocycles. The van der Waals surface area contributed by atoms with E-state index >= 15 is 0 Å². The summed E-state index contributed by atoms with van der Waals surface area (Å²) in [5.74, 6) is 0.873. The molecule has 25 heavy (non-hydrogen) atoms. The molecule has 0 fully saturated rings. The van der Waals surface area contributed by atoms with Crippen molar-refractivity contribution in [1.29, 1.82) is 5.26 Å². The molecule has 1 aliphatic rings. The van der Waals surface area contributed by atoms with Crippen molar-refractivity contribution in [1.82, 2.24) is 5.32 Å². The molecule has 0 bridgehead atoms. The van der Waals surface area contributed by atoms with Gasteiger partial charge in [-0.2, -0.15) is 5.26 Å². The lowest BCUT2D eigenvalue weighted by atomic mass is 9.90. The Morgan fingerprint density at radius 1 is 1.28 bits per heavy atom. The van der Waals surface area contributed by atoms with Crippen LogP contribution in [0.4, 0.5) is 5.69 Å². The molecule has 3 rings (SSSR count). The normalized spacial score (nSPS) is 17.6. The van der Waals surface area contributed by atoms with Gasteiger partial charge in [0, 0.05) is 22.1 Å². The van der Waals surface area contributed by atoms with Gasteiger partial charge in [0.2, 0.25) is 0 Å². The second-order valence-electron chi connectivity index (χ2n) is 6.59. The van der Waals surface area contributed by atoms with Gasteiger partial charge in [0.05, 0.1) is 17.7 Å². The summed E-state index contributed by atoms with van der Waals surface area (Å²) in [6.07, 6.45) is 0.797. The molecule has 128 valence electrons. The zero-order valence-corrected chi connectivity index (χ0v) is 16.4. The number of hydrogen-bond donors (Lipinski definition) is 2. The van der Waals surface area contributed by atoms with Crippen LogP contribution in [0.25, 0.3) is 0 Å². The van der Waals surface area contributed by atoms with Crippen molar-refractivity contribution in [2.24, 2.45) is 0 Å². The molecule has 0 unspecified atom stereocenters. The fourth-order valence-electron chi connectivity index (χ4n) is 2.91. The Morgan fingerprint density at radius 2 is 2.00 bits per heavy atom. The Kier molecular flexibility index (Phi) is 4.98. The highest BCUT2D eigenvalue weighted by Crippen LogP contribution is 2.40. The molecular weight excluding hydrogens is 398 g/mol. The van der Waals surface area contributed by atoms with Gasteiger partial charge in [-0.3, -0.25) is 0 Å². The van der Waals surface area contributed by atoms with Crippen LogP contribution in [0.2, 0.25) is 0 Å². The van der Waals surface area contributed by atoms with Gasteiger partial charge in [0.1, 0.15) is 11.4 Å². The number of fused-ring (bicyclic) bond motifs is 1. The first-order valence-corrected chi connectivity index (χ1v) is 9.12. The first-order valence-electron chi connectivity index (χ1n) is 7.92. The van der Waals surface area contributed by atoms with Crippen LogP contribution >= 0.6 is 28.1 Å². The Morgan fingerprint density at radius 3 is 2.68 bits per heavy atom. The summed E-state index contributed by atoms with van der Waals surface area (Å²) >= 11 is 9.00. The smallest absolute Gasteiger partial charge is 0.171 e. The Labute approximate surface area is 161 Å². The molecule has 0 spiro atoms. The fourth-order valence-corrected chi connectivity index (χ4v) is 3.55. The summed E-state index contributed by atoms with van der Waals surface area (Å²) in [4.78, 5) is 0. The van der Waals surface area contributed by atoms with Gasteiger partial charge >= 0.3 is 0 Å². The zero-order chi connectivity index (χ0) is 18.0. The second-order valence-corrected chi connectivity index (χ2v) is 7.91. The molecule has 2 N–H and O–H groups in total. The van der Waals surface area contributed by atoms with Crippen molar-refractivity contribution in [2.45, 2.75) is 31.9 Å². The third-order valence-corrected chi connectivity index (χ3v) is 4.72. The van der Waals surface area contributed by atoms with Gasteiger partial charge in [-0.1, -0.05) is 15.9 Å². The number of nitrogens with one attached hydrogen (secondary N) is 2. The number of hydrogen-bond acceptors (Lipinski definition) is 3. The number of rotatable bonds is 2. The van der Waals surface area contributed by atoms with Gasteiger partial charge in [0.15, 0.2) is 5.11 Å². The van der Waals surface area contributed by atoms with Crippen LogP contribution in [0.5, 0.6) is 5.75 Å². The highest BCUT2D eigenvalue weighted by Gasteiger charge is 2.34. The van der Waals surface area contributed by atoms with Crippen LogP contribution in [0, 0.1) is 11.3 Å². The van der Waals surface area contributed by atoms with Gasteiger partial charge < -0.3 is 15.4 Å². The summed E-state index contributed by atoms with van der Waals surface area (Å²) in [5, 5.41) is 16.0. The molecule has 2 aromatic carbocycles. The summed E-state index contributed by atoms with van der Waals surface area (Å²) in [6, 6.07) is 15.4. The maximum absolute atomic E-state index is 8.87. The summed E-state index contributed by atoms with van der Waals surface area (Å²) in [5.41, 5.74) is 2.27. The maximum Gasteiger partial charge on any atom is 0.171 e. The second kappa shape index (κ2) is 7.03. The molecule has 0 aromatic heterocycles. The van der Waals surface area contributed by atoms with E-state index in [0.29, 0.717) is 10.7 Å². The molecule has 0 saturated heterocycles. The van der Waals surface area contributed by atoms with E-state index in [9.17, 15) is 0 Å². The van der Waals surface area contributed by atoms with Crippen LogP contribution in [-0.4, -0.2) is 10.7 Å². The van der Waals surface area contributed by atoms with Crippen molar-refractivity contribution in [3.8, 4) is 11.8 Å². The Balaban J connectivity index is 1.76. The minimum atomic E-state index is -0.275. The number of thiocarbonyl (C=S) groups is 1. The quantitative estimate of drug-likeness (QED) is 0.682. The Bertz CT molecular complexity index is 843. The monoisotopic (exact) mass is 415 g/mol. The van der Waals surface area contributed by atoms with Crippen molar-refractivity contribution < 1.29 is 4.74 Å². The van der Waals surface area contributed by atoms with E-state index in [-0.39, 0.29) is 11.6 Å². The van der Waals surface area contributed by atoms with Crippen LogP contribution < -0.4 is 15.4 Å². The number of ether oxygens (including phenoxy) is 1. The lowest BCUT2D eigenvalue weighted by molar-refractivity contribution is 0.0696. The van der Waals surface area contributed by atoms with Crippen molar-refractivity contribution >= 4 is 38.9 Å². The van der Waals surface area contributed by atoms with Gasteiger partial charge in [-0.05, 0) is 68.5 Å². The van der Waals surface area contributed by atoms with E-state index in [2.05, 4.69) is 52.5 Å². The highest BCUT2D eigenvalue weighted by atomic mass is 79.9. The van der Waals surface area contributed by atoms with Gasteiger partial charge in [0.25, 0.3) is 0 Å². The minimum Gasteiger partial charge on any atom is -0.487 e. The van der Waals surface area contributed by atoms with Crippen LogP contribution in [0.15, 0.2) is 46.9 Å². The van der Waals surface area contributed by atoms with E-state index in [1.54, 1.807) is 12.1 Å². The van der Waals surface area contributed by atoms with E-state index in [4.69, 9.17) is 22.2 Å². The predicted molar refractivity (Wildman–Crippen MR) is 107 cm³/mol. The third kappa shape index (κ3) is 4.30. The zero-order valence-electron chi connectivity index (χ0n) is 14.0. The fraction of sp³-hybridized carbons (Fsp3) is 0.263. The van der Waals surface area contributed by atoms with Gasteiger partial charge in [-0.15, -0.1) is 0 Å². The standard InChI is InChI=1S/C19H18BrN3OS/c1-19(2)10-16(15-9-13(20)5-8-17(15)24-19)23-18(25)22-14-6-3-12(11-21)4-7-14/h3-9,16H,10H2,1-2H3,(H2,22,23,25)/t16-/m1/s1. The largest absolute Gasteiger partial charge is 0.487 e. The first-order chi connectivity index (χ1) is 11.9.